The average molecular weight is 249 g/mol. The Bertz CT molecular complexity index is 391. The van der Waals surface area contributed by atoms with Crippen molar-refractivity contribution in [2.75, 3.05) is 12.4 Å². The van der Waals surface area contributed by atoms with Crippen molar-refractivity contribution in [3.05, 3.63) is 24.8 Å². The molecule has 0 atom stereocenters. The normalized spacial score (nSPS) is 10.2. The van der Waals surface area contributed by atoms with Crippen molar-refractivity contribution in [3.63, 3.8) is 0 Å². The number of rotatable bonds is 7. The van der Waals surface area contributed by atoms with E-state index in [0.717, 1.165) is 43.4 Å². The maximum atomic E-state index is 11.1. The van der Waals surface area contributed by atoms with Gasteiger partial charge in [-0.1, -0.05) is 26.2 Å². The first-order valence-corrected chi connectivity index (χ1v) is 6.27. The summed E-state index contributed by atoms with van der Waals surface area (Å²) in [5, 5.41) is 2.75. The molecule has 1 radical (unpaired) electrons. The molecular formula is C14H21N2O2. The van der Waals surface area contributed by atoms with Gasteiger partial charge in [0.1, 0.15) is 11.6 Å². The summed E-state index contributed by atoms with van der Waals surface area (Å²) in [5.41, 5.74) is 0.972. The number of nitrogens with zero attached hydrogens (tertiary/aromatic N) is 1. The van der Waals surface area contributed by atoms with Crippen molar-refractivity contribution in [1.82, 2.24) is 4.98 Å². The Kier molecular flexibility index (Phi) is 6.19. The molecule has 0 aliphatic rings. The van der Waals surface area contributed by atoms with Crippen LogP contribution in [0.15, 0.2) is 12.3 Å². The summed E-state index contributed by atoms with van der Waals surface area (Å²) in [5.74, 6) is 1.27. The highest BCUT2D eigenvalue weighted by atomic mass is 16.5. The van der Waals surface area contributed by atoms with Gasteiger partial charge in [-0.05, 0) is 18.9 Å². The minimum atomic E-state index is -0.116. The maximum absolute atomic E-state index is 11.1. The third-order valence-electron chi connectivity index (χ3n) is 2.70. The fraction of sp³-hybridized carbons (Fsp3) is 0.500. The summed E-state index contributed by atoms with van der Waals surface area (Å²) in [6.45, 7) is 5.31. The highest BCUT2D eigenvalue weighted by Crippen LogP contribution is 2.26. The topological polar surface area (TPSA) is 51.2 Å². The lowest BCUT2D eigenvalue weighted by molar-refractivity contribution is -0.114. The molecule has 0 aliphatic heterocycles. The second kappa shape index (κ2) is 7.69. The molecule has 0 bridgehead atoms. The second-order valence-electron chi connectivity index (χ2n) is 4.19. The zero-order chi connectivity index (χ0) is 13.4. The summed E-state index contributed by atoms with van der Waals surface area (Å²) in [4.78, 5) is 15.3. The number of pyridine rings is 1. The molecule has 0 saturated heterocycles. The third-order valence-corrected chi connectivity index (χ3v) is 2.70. The zero-order valence-corrected chi connectivity index (χ0v) is 11.2. The van der Waals surface area contributed by atoms with Crippen LogP contribution in [-0.2, 0) is 11.2 Å². The molecular weight excluding hydrogens is 228 g/mol. The van der Waals surface area contributed by atoms with Crippen LogP contribution in [0, 0.1) is 6.92 Å². The van der Waals surface area contributed by atoms with Crippen LogP contribution in [0.5, 0.6) is 5.75 Å². The van der Waals surface area contributed by atoms with E-state index in [9.17, 15) is 4.79 Å². The van der Waals surface area contributed by atoms with Crippen molar-refractivity contribution in [3.8, 4) is 5.75 Å². The SMILES string of the molecule is [CH2]CCCCCc1c(OC)ccnc1NC(C)=O. The van der Waals surface area contributed by atoms with Crippen LogP contribution in [0.4, 0.5) is 5.82 Å². The largest absolute Gasteiger partial charge is 0.496 e. The number of unbranched alkanes of at least 4 members (excludes halogenated alkanes) is 3. The molecule has 1 heterocycles. The van der Waals surface area contributed by atoms with Crippen molar-refractivity contribution < 1.29 is 9.53 Å². The lowest BCUT2D eigenvalue weighted by Crippen LogP contribution is -2.10. The number of nitrogens with one attached hydrogen (secondary N) is 1. The molecule has 1 rings (SSSR count). The predicted octanol–water partition coefficient (Wildman–Crippen LogP) is 2.99. The fourth-order valence-electron chi connectivity index (χ4n) is 1.84. The first-order valence-electron chi connectivity index (χ1n) is 6.27. The van der Waals surface area contributed by atoms with Crippen LogP contribution in [-0.4, -0.2) is 18.0 Å². The molecule has 4 nitrogen and oxygen atoms in total. The highest BCUT2D eigenvalue weighted by molar-refractivity contribution is 5.88. The summed E-state index contributed by atoms with van der Waals surface area (Å²) in [7, 11) is 1.63. The second-order valence-corrected chi connectivity index (χ2v) is 4.19. The number of ether oxygens (including phenoxy) is 1. The number of anilines is 1. The molecule has 4 heteroatoms. The standard InChI is InChI=1S/C14H21N2O2/c1-4-5-6-7-8-12-13(18-3)9-10-15-14(12)16-11(2)17/h9-10H,1,4-8H2,2-3H3,(H,15,16,17). The van der Waals surface area contributed by atoms with Crippen LogP contribution < -0.4 is 10.1 Å². The number of amides is 1. The summed E-state index contributed by atoms with van der Waals surface area (Å²) in [6, 6.07) is 1.82. The average Bonchev–Trinajstić information content (AvgIpc) is 2.35. The lowest BCUT2D eigenvalue weighted by Gasteiger charge is -2.12. The number of methoxy groups -OCH3 is 1. The number of carbonyl (C=O) groups is 1. The van der Waals surface area contributed by atoms with E-state index in [2.05, 4.69) is 17.2 Å². The van der Waals surface area contributed by atoms with Gasteiger partial charge >= 0.3 is 0 Å². The minimum absolute atomic E-state index is 0.116. The van der Waals surface area contributed by atoms with Crippen molar-refractivity contribution in [1.29, 1.82) is 0 Å². The Hall–Kier alpha value is -1.58. The van der Waals surface area contributed by atoms with Gasteiger partial charge in [0.05, 0.1) is 7.11 Å². The number of carbonyl (C=O) groups excluding carboxylic acids is 1. The van der Waals surface area contributed by atoms with Gasteiger partial charge in [-0.25, -0.2) is 4.98 Å². The van der Waals surface area contributed by atoms with Gasteiger partial charge in [0.2, 0.25) is 5.91 Å². The van der Waals surface area contributed by atoms with E-state index in [1.807, 2.05) is 6.07 Å². The molecule has 18 heavy (non-hydrogen) atoms. The molecule has 1 amide bonds. The van der Waals surface area contributed by atoms with Gasteiger partial charge in [-0.3, -0.25) is 4.79 Å². The van der Waals surface area contributed by atoms with Gasteiger partial charge in [0, 0.05) is 18.7 Å². The molecule has 0 aliphatic carbocycles. The van der Waals surface area contributed by atoms with E-state index in [-0.39, 0.29) is 5.91 Å². The Balaban J connectivity index is 2.79. The van der Waals surface area contributed by atoms with Gasteiger partial charge < -0.3 is 10.1 Å². The first kappa shape index (κ1) is 14.5. The molecule has 0 saturated carbocycles. The fourth-order valence-corrected chi connectivity index (χ4v) is 1.84. The van der Waals surface area contributed by atoms with Crippen molar-refractivity contribution >= 4 is 11.7 Å². The monoisotopic (exact) mass is 249 g/mol. The highest BCUT2D eigenvalue weighted by Gasteiger charge is 2.11. The molecule has 1 aromatic rings. The third kappa shape index (κ3) is 4.35. The van der Waals surface area contributed by atoms with Gasteiger partial charge in [-0.2, -0.15) is 0 Å². The van der Waals surface area contributed by atoms with Gasteiger partial charge in [0.15, 0.2) is 0 Å². The molecule has 99 valence electrons. The van der Waals surface area contributed by atoms with E-state index >= 15 is 0 Å². The number of aromatic nitrogens is 1. The van der Waals surface area contributed by atoms with E-state index in [4.69, 9.17) is 4.74 Å². The summed E-state index contributed by atoms with van der Waals surface area (Å²) >= 11 is 0. The van der Waals surface area contributed by atoms with Crippen molar-refractivity contribution in [2.45, 2.75) is 39.0 Å². The van der Waals surface area contributed by atoms with Crippen LogP contribution in [0.25, 0.3) is 0 Å². The Morgan fingerprint density at radius 1 is 1.44 bits per heavy atom. The van der Waals surface area contributed by atoms with E-state index < -0.39 is 0 Å². The predicted molar refractivity (Wildman–Crippen MR) is 72.6 cm³/mol. The molecule has 0 spiro atoms. The smallest absolute Gasteiger partial charge is 0.222 e. The Morgan fingerprint density at radius 3 is 2.83 bits per heavy atom. The molecule has 1 aromatic heterocycles. The van der Waals surface area contributed by atoms with E-state index in [1.165, 1.54) is 6.92 Å². The molecule has 0 fully saturated rings. The summed E-state index contributed by atoms with van der Waals surface area (Å²) < 4.78 is 5.32. The lowest BCUT2D eigenvalue weighted by atomic mass is 10.1. The van der Waals surface area contributed by atoms with Crippen molar-refractivity contribution in [2.24, 2.45) is 0 Å². The molecule has 1 N–H and O–H groups in total. The number of hydrogen-bond acceptors (Lipinski definition) is 3. The van der Waals surface area contributed by atoms with E-state index in [1.54, 1.807) is 13.3 Å². The molecule has 0 unspecified atom stereocenters. The minimum Gasteiger partial charge on any atom is -0.496 e. The van der Waals surface area contributed by atoms with Crippen LogP contribution in [0.3, 0.4) is 0 Å². The van der Waals surface area contributed by atoms with Crippen LogP contribution in [0.1, 0.15) is 38.2 Å². The van der Waals surface area contributed by atoms with Gasteiger partial charge in [0.25, 0.3) is 0 Å². The first-order chi connectivity index (χ1) is 8.69. The Morgan fingerprint density at radius 2 is 2.22 bits per heavy atom. The van der Waals surface area contributed by atoms with Gasteiger partial charge in [-0.15, -0.1) is 0 Å². The maximum Gasteiger partial charge on any atom is 0.222 e. The zero-order valence-electron chi connectivity index (χ0n) is 11.2. The van der Waals surface area contributed by atoms with Crippen LogP contribution in [0.2, 0.25) is 0 Å². The Labute approximate surface area is 109 Å². The molecule has 0 aromatic carbocycles. The van der Waals surface area contributed by atoms with E-state index in [0.29, 0.717) is 5.82 Å². The number of hydrogen-bond donors (Lipinski definition) is 1. The summed E-state index contributed by atoms with van der Waals surface area (Å²) in [6.07, 6.45) is 6.75. The van der Waals surface area contributed by atoms with Crippen LogP contribution >= 0.6 is 0 Å². The quantitative estimate of drug-likeness (QED) is 0.756.